The van der Waals surface area contributed by atoms with Crippen molar-refractivity contribution in [3.8, 4) is 0 Å². The van der Waals surface area contributed by atoms with Crippen LogP contribution in [0.4, 0.5) is 4.39 Å². The molecule has 52 valence electrons. The Balaban J connectivity index is 0. The molecule has 0 aromatic carbocycles. The average Bonchev–Trinajstić information content (AvgIpc) is 1.31. The number of alkyl halides is 1. The van der Waals surface area contributed by atoms with Crippen LogP contribution in [0.1, 0.15) is 13.8 Å². The Kier molecular flexibility index (Phi) is 4.43. The summed E-state index contributed by atoms with van der Waals surface area (Å²) in [6.45, 7) is 3.08. The van der Waals surface area contributed by atoms with Crippen molar-refractivity contribution in [1.82, 2.24) is 0 Å². The van der Waals surface area contributed by atoms with Gasteiger partial charge in [-0.1, -0.05) is 0 Å². The van der Waals surface area contributed by atoms with E-state index in [9.17, 15) is 4.39 Å². The van der Waals surface area contributed by atoms with Gasteiger partial charge in [-0.25, -0.2) is 4.39 Å². The van der Waals surface area contributed by atoms with E-state index < -0.39 is 11.8 Å². The standard InChI is InChI=1S/C4H11FN2.ClH/c1-4(2,7)3(5)6;/h3H,6-7H2,1-2H3;1H. The predicted molar refractivity (Wildman–Crippen MR) is 34.6 cm³/mol. The number of nitrogens with two attached hydrogens (primary N) is 2. The molecule has 0 aromatic rings. The molecule has 0 saturated carbocycles. The fraction of sp³-hybridized carbons (Fsp3) is 1.00. The zero-order chi connectivity index (χ0) is 6.08. The van der Waals surface area contributed by atoms with Gasteiger partial charge in [0, 0.05) is 0 Å². The van der Waals surface area contributed by atoms with Gasteiger partial charge in [0.2, 0.25) is 0 Å². The molecule has 0 rings (SSSR count). The van der Waals surface area contributed by atoms with Crippen molar-refractivity contribution in [1.29, 1.82) is 0 Å². The summed E-state index contributed by atoms with van der Waals surface area (Å²) in [5, 5.41) is 0. The molecule has 0 aromatic heterocycles. The monoisotopic (exact) mass is 142 g/mol. The average molecular weight is 143 g/mol. The molecule has 1 unspecified atom stereocenters. The Morgan fingerprint density at radius 1 is 1.50 bits per heavy atom. The lowest BCUT2D eigenvalue weighted by molar-refractivity contribution is 0.227. The van der Waals surface area contributed by atoms with E-state index >= 15 is 0 Å². The van der Waals surface area contributed by atoms with Gasteiger partial charge in [0.05, 0.1) is 5.54 Å². The first-order valence-corrected chi connectivity index (χ1v) is 2.13. The first kappa shape index (κ1) is 11.0. The van der Waals surface area contributed by atoms with Crippen LogP contribution in [0.2, 0.25) is 0 Å². The van der Waals surface area contributed by atoms with Crippen molar-refractivity contribution >= 4 is 12.4 Å². The molecule has 0 fully saturated rings. The van der Waals surface area contributed by atoms with Crippen LogP contribution in [0.15, 0.2) is 0 Å². The van der Waals surface area contributed by atoms with Gasteiger partial charge < -0.3 is 11.5 Å². The van der Waals surface area contributed by atoms with Gasteiger partial charge in [-0.2, -0.15) is 0 Å². The highest BCUT2D eigenvalue weighted by Crippen LogP contribution is 2.01. The molecule has 8 heavy (non-hydrogen) atoms. The summed E-state index contributed by atoms with van der Waals surface area (Å²) in [4.78, 5) is 0. The Labute approximate surface area is 54.8 Å². The highest BCUT2D eigenvalue weighted by Gasteiger charge is 2.19. The summed E-state index contributed by atoms with van der Waals surface area (Å²) in [5.74, 6) is 0. The number of halogens is 2. The largest absolute Gasteiger partial charge is 0.322 e. The summed E-state index contributed by atoms with van der Waals surface area (Å²) in [5.41, 5.74) is 9.07. The van der Waals surface area contributed by atoms with Gasteiger partial charge in [-0.3, -0.25) is 0 Å². The molecule has 0 saturated heterocycles. The molecule has 2 nitrogen and oxygen atoms in total. The smallest absolute Gasteiger partial charge is 0.166 e. The van der Waals surface area contributed by atoms with Gasteiger partial charge >= 0.3 is 0 Å². The van der Waals surface area contributed by atoms with E-state index in [1.165, 1.54) is 13.8 Å². The third kappa shape index (κ3) is 4.30. The van der Waals surface area contributed by atoms with Crippen LogP contribution in [0.5, 0.6) is 0 Å². The number of hydrogen-bond acceptors (Lipinski definition) is 2. The lowest BCUT2D eigenvalue weighted by Gasteiger charge is -2.18. The second kappa shape index (κ2) is 3.22. The zero-order valence-electron chi connectivity index (χ0n) is 5.02. The second-order valence-electron chi connectivity index (χ2n) is 2.22. The normalized spacial score (nSPS) is 14.6. The molecule has 0 aliphatic carbocycles. The van der Waals surface area contributed by atoms with Gasteiger partial charge in [0.1, 0.15) is 0 Å². The van der Waals surface area contributed by atoms with Crippen LogP contribution in [0.25, 0.3) is 0 Å². The van der Waals surface area contributed by atoms with Crippen LogP contribution in [0, 0.1) is 0 Å². The van der Waals surface area contributed by atoms with Crippen LogP contribution in [-0.2, 0) is 0 Å². The minimum atomic E-state index is -1.42. The highest BCUT2D eigenvalue weighted by atomic mass is 35.5. The van der Waals surface area contributed by atoms with Crippen molar-refractivity contribution in [2.24, 2.45) is 11.5 Å². The fourth-order valence-corrected chi connectivity index (χ4v) is 0. The van der Waals surface area contributed by atoms with E-state index in [1.807, 2.05) is 0 Å². The minimum Gasteiger partial charge on any atom is -0.322 e. The third-order valence-electron chi connectivity index (χ3n) is 0.711. The van der Waals surface area contributed by atoms with E-state index in [4.69, 9.17) is 11.5 Å². The Morgan fingerprint density at radius 3 is 1.62 bits per heavy atom. The quantitative estimate of drug-likeness (QED) is 0.521. The molecular weight excluding hydrogens is 131 g/mol. The van der Waals surface area contributed by atoms with Crippen molar-refractivity contribution < 1.29 is 4.39 Å². The molecule has 0 heterocycles. The topological polar surface area (TPSA) is 52.0 Å². The van der Waals surface area contributed by atoms with Gasteiger partial charge in [0.15, 0.2) is 6.30 Å². The Morgan fingerprint density at radius 2 is 1.62 bits per heavy atom. The summed E-state index contributed by atoms with van der Waals surface area (Å²) in [6.07, 6.45) is -1.42. The molecule has 1 atom stereocenters. The van der Waals surface area contributed by atoms with Crippen molar-refractivity contribution in [2.45, 2.75) is 25.7 Å². The first-order chi connectivity index (χ1) is 2.94. The molecule has 4 heteroatoms. The summed E-state index contributed by atoms with van der Waals surface area (Å²) < 4.78 is 11.9. The van der Waals surface area contributed by atoms with Crippen molar-refractivity contribution in [2.75, 3.05) is 0 Å². The zero-order valence-corrected chi connectivity index (χ0v) is 5.83. The van der Waals surface area contributed by atoms with Crippen LogP contribution >= 0.6 is 12.4 Å². The summed E-state index contributed by atoms with van der Waals surface area (Å²) in [7, 11) is 0. The molecule has 0 aliphatic heterocycles. The lowest BCUT2D eigenvalue weighted by atomic mass is 10.1. The number of rotatable bonds is 1. The Hall–Kier alpha value is 0.140. The predicted octanol–water partition coefficient (Wildman–Crippen LogP) is 0.400. The summed E-state index contributed by atoms with van der Waals surface area (Å²) >= 11 is 0. The van der Waals surface area contributed by atoms with E-state index in [2.05, 4.69) is 0 Å². The van der Waals surface area contributed by atoms with Crippen molar-refractivity contribution in [3.63, 3.8) is 0 Å². The van der Waals surface area contributed by atoms with Crippen LogP contribution < -0.4 is 11.5 Å². The van der Waals surface area contributed by atoms with Gasteiger partial charge in [-0.05, 0) is 13.8 Å². The van der Waals surface area contributed by atoms with E-state index in [0.717, 1.165) is 0 Å². The second-order valence-corrected chi connectivity index (χ2v) is 2.22. The van der Waals surface area contributed by atoms with Crippen molar-refractivity contribution in [3.05, 3.63) is 0 Å². The molecule has 0 radical (unpaired) electrons. The van der Waals surface area contributed by atoms with Crippen LogP contribution in [0.3, 0.4) is 0 Å². The van der Waals surface area contributed by atoms with E-state index in [0.29, 0.717) is 0 Å². The number of hydrogen-bond donors (Lipinski definition) is 2. The molecule has 0 spiro atoms. The molecule has 0 amide bonds. The lowest BCUT2D eigenvalue weighted by Crippen LogP contribution is -2.47. The maximum absolute atomic E-state index is 11.9. The van der Waals surface area contributed by atoms with Gasteiger partial charge in [0.25, 0.3) is 0 Å². The van der Waals surface area contributed by atoms with E-state index in [-0.39, 0.29) is 12.4 Å². The van der Waals surface area contributed by atoms with Crippen LogP contribution in [-0.4, -0.2) is 11.8 Å². The maximum atomic E-state index is 11.9. The first-order valence-electron chi connectivity index (χ1n) is 2.13. The van der Waals surface area contributed by atoms with E-state index in [1.54, 1.807) is 0 Å². The minimum absolute atomic E-state index is 0. The highest BCUT2D eigenvalue weighted by molar-refractivity contribution is 5.85. The summed E-state index contributed by atoms with van der Waals surface area (Å²) in [6, 6.07) is 0. The van der Waals surface area contributed by atoms with Gasteiger partial charge in [-0.15, -0.1) is 12.4 Å². The molecule has 4 N–H and O–H groups in total. The molecule has 0 aliphatic rings. The fourth-order valence-electron chi connectivity index (χ4n) is 0. The maximum Gasteiger partial charge on any atom is 0.166 e. The third-order valence-corrected chi connectivity index (χ3v) is 0.711. The Bertz CT molecular complexity index is 59.5. The molecular formula is C4H12ClFN2. The molecule has 0 bridgehead atoms. The SMILES string of the molecule is CC(C)(N)C(N)F.Cl.